The number of hydrogen-bond acceptors (Lipinski definition) is 5. The summed E-state index contributed by atoms with van der Waals surface area (Å²) in [6.07, 6.45) is 1.91. The van der Waals surface area contributed by atoms with Gasteiger partial charge >= 0.3 is 0 Å². The third-order valence-electron chi connectivity index (χ3n) is 4.25. The molecule has 3 rings (SSSR count). The Morgan fingerprint density at radius 3 is 2.83 bits per heavy atom. The van der Waals surface area contributed by atoms with E-state index in [4.69, 9.17) is 9.26 Å². The third kappa shape index (κ3) is 3.70. The van der Waals surface area contributed by atoms with E-state index in [0.717, 1.165) is 25.3 Å². The van der Waals surface area contributed by atoms with E-state index in [9.17, 15) is 4.79 Å². The highest BCUT2D eigenvalue weighted by Crippen LogP contribution is 2.28. The summed E-state index contributed by atoms with van der Waals surface area (Å²) in [5.41, 5.74) is 1.26. The van der Waals surface area contributed by atoms with E-state index in [2.05, 4.69) is 22.3 Å². The van der Waals surface area contributed by atoms with E-state index < -0.39 is 0 Å². The number of methoxy groups -OCH3 is 1. The number of nitrogens with zero attached hydrogens (tertiary/aromatic N) is 3. The number of carbonyl (C=O) groups is 1. The summed E-state index contributed by atoms with van der Waals surface area (Å²) in [5.74, 6) is 2.54. The van der Waals surface area contributed by atoms with Crippen LogP contribution < -0.4 is 4.74 Å². The zero-order valence-electron chi connectivity index (χ0n) is 13.5. The predicted octanol–water partition coefficient (Wildman–Crippen LogP) is 2.34. The highest BCUT2D eigenvalue weighted by atomic mass is 16.5. The van der Waals surface area contributed by atoms with Gasteiger partial charge in [-0.3, -0.25) is 4.79 Å². The number of ether oxygens (including phenoxy) is 1. The largest absolute Gasteiger partial charge is 0.497 e. The number of benzene rings is 1. The zero-order chi connectivity index (χ0) is 16.2. The van der Waals surface area contributed by atoms with Gasteiger partial charge in [0.05, 0.1) is 7.11 Å². The minimum atomic E-state index is 0.150. The number of likely N-dealkylation sites (tertiary alicyclic amines) is 1. The number of carbonyl (C=O) groups excluding carboxylic acids is 1. The van der Waals surface area contributed by atoms with Crippen LogP contribution in [0.5, 0.6) is 5.75 Å². The lowest BCUT2D eigenvalue weighted by Gasteiger charge is -2.16. The van der Waals surface area contributed by atoms with Crippen LogP contribution in [0.1, 0.15) is 36.0 Å². The lowest BCUT2D eigenvalue weighted by Crippen LogP contribution is -2.28. The number of rotatable bonds is 5. The molecule has 0 aliphatic carbocycles. The van der Waals surface area contributed by atoms with Gasteiger partial charge < -0.3 is 14.2 Å². The fraction of sp³-hybridized carbons (Fsp3) is 0.471. The minimum absolute atomic E-state index is 0.150. The van der Waals surface area contributed by atoms with E-state index in [1.165, 1.54) is 5.56 Å². The second kappa shape index (κ2) is 6.81. The van der Waals surface area contributed by atoms with Crippen molar-refractivity contribution in [2.24, 2.45) is 0 Å². The van der Waals surface area contributed by atoms with Gasteiger partial charge in [-0.2, -0.15) is 4.98 Å². The second-order valence-corrected chi connectivity index (χ2v) is 5.83. The van der Waals surface area contributed by atoms with E-state index >= 15 is 0 Å². The standard InChI is InChI=1S/C17H21N3O3/c1-12-18-16(23-19-12)7-8-17(21)20-10-9-14(11-20)13-3-5-15(22-2)6-4-13/h3-6,14H,7-11H2,1-2H3. The molecule has 0 radical (unpaired) electrons. The van der Waals surface area contributed by atoms with Gasteiger partial charge in [0.15, 0.2) is 5.82 Å². The monoisotopic (exact) mass is 315 g/mol. The van der Waals surface area contributed by atoms with E-state index in [0.29, 0.717) is 30.5 Å². The van der Waals surface area contributed by atoms with Crippen LogP contribution in [-0.4, -0.2) is 41.1 Å². The van der Waals surface area contributed by atoms with Crippen LogP contribution in [0.15, 0.2) is 28.8 Å². The first kappa shape index (κ1) is 15.5. The molecule has 1 aliphatic heterocycles. The lowest BCUT2D eigenvalue weighted by molar-refractivity contribution is -0.130. The summed E-state index contributed by atoms with van der Waals surface area (Å²) in [6.45, 7) is 3.35. The van der Waals surface area contributed by atoms with E-state index in [-0.39, 0.29) is 5.91 Å². The molecule has 1 amide bonds. The van der Waals surface area contributed by atoms with Gasteiger partial charge in [-0.1, -0.05) is 17.3 Å². The summed E-state index contributed by atoms with van der Waals surface area (Å²) in [5, 5.41) is 3.74. The van der Waals surface area contributed by atoms with Crippen molar-refractivity contribution in [3.63, 3.8) is 0 Å². The summed E-state index contributed by atoms with van der Waals surface area (Å²) < 4.78 is 10.2. The maximum absolute atomic E-state index is 12.3. The first-order valence-corrected chi connectivity index (χ1v) is 7.86. The van der Waals surface area contributed by atoms with Crippen molar-refractivity contribution in [2.45, 2.75) is 32.1 Å². The van der Waals surface area contributed by atoms with Crippen LogP contribution >= 0.6 is 0 Å². The molecule has 0 saturated carbocycles. The molecule has 0 spiro atoms. The molecule has 0 bridgehead atoms. The van der Waals surface area contributed by atoms with Crippen molar-refractivity contribution in [1.29, 1.82) is 0 Å². The Kier molecular flexibility index (Phi) is 4.60. The number of amides is 1. The van der Waals surface area contributed by atoms with Crippen LogP contribution in [0, 0.1) is 6.92 Å². The van der Waals surface area contributed by atoms with Crippen molar-refractivity contribution in [3.05, 3.63) is 41.5 Å². The van der Waals surface area contributed by atoms with Crippen LogP contribution in [0.25, 0.3) is 0 Å². The Labute approximate surface area is 135 Å². The molecule has 1 aromatic carbocycles. The molecule has 1 unspecified atom stereocenters. The average molecular weight is 315 g/mol. The van der Waals surface area contributed by atoms with Crippen molar-refractivity contribution in [3.8, 4) is 5.75 Å². The molecule has 1 aliphatic rings. The molecule has 6 heteroatoms. The molecular weight excluding hydrogens is 294 g/mol. The van der Waals surface area contributed by atoms with Gasteiger partial charge in [-0.15, -0.1) is 0 Å². The SMILES string of the molecule is COc1ccc(C2CCN(C(=O)CCc3nc(C)no3)C2)cc1. The third-order valence-corrected chi connectivity index (χ3v) is 4.25. The molecule has 1 aromatic heterocycles. The first-order chi connectivity index (χ1) is 11.2. The van der Waals surface area contributed by atoms with Crippen LogP contribution in [0.4, 0.5) is 0 Å². The number of aromatic nitrogens is 2. The molecule has 2 aromatic rings. The first-order valence-electron chi connectivity index (χ1n) is 7.86. The molecule has 6 nitrogen and oxygen atoms in total. The van der Waals surface area contributed by atoms with E-state index in [1.807, 2.05) is 17.0 Å². The van der Waals surface area contributed by atoms with Crippen LogP contribution in [0.2, 0.25) is 0 Å². The highest BCUT2D eigenvalue weighted by molar-refractivity contribution is 5.76. The number of aryl methyl sites for hydroxylation is 2. The summed E-state index contributed by atoms with van der Waals surface area (Å²) in [7, 11) is 1.66. The summed E-state index contributed by atoms with van der Waals surface area (Å²) in [6, 6.07) is 8.10. The van der Waals surface area contributed by atoms with Gasteiger partial charge in [0, 0.05) is 31.8 Å². The maximum Gasteiger partial charge on any atom is 0.227 e. The van der Waals surface area contributed by atoms with Gasteiger partial charge in [-0.25, -0.2) is 0 Å². The second-order valence-electron chi connectivity index (χ2n) is 5.83. The average Bonchev–Trinajstić information content (AvgIpc) is 3.22. The normalized spacial score (nSPS) is 17.5. The predicted molar refractivity (Wildman–Crippen MR) is 84.3 cm³/mol. The molecule has 122 valence electrons. The van der Waals surface area contributed by atoms with Gasteiger partial charge in [-0.05, 0) is 31.0 Å². The Balaban J connectivity index is 1.52. The molecule has 1 fully saturated rings. The summed E-state index contributed by atoms with van der Waals surface area (Å²) in [4.78, 5) is 18.4. The van der Waals surface area contributed by atoms with Crippen LogP contribution in [-0.2, 0) is 11.2 Å². The Morgan fingerprint density at radius 1 is 1.39 bits per heavy atom. The molecule has 23 heavy (non-hydrogen) atoms. The van der Waals surface area contributed by atoms with Crippen LogP contribution in [0.3, 0.4) is 0 Å². The maximum atomic E-state index is 12.3. The Morgan fingerprint density at radius 2 is 2.17 bits per heavy atom. The zero-order valence-corrected chi connectivity index (χ0v) is 13.5. The quantitative estimate of drug-likeness (QED) is 0.847. The number of hydrogen-bond donors (Lipinski definition) is 0. The van der Waals surface area contributed by atoms with Gasteiger partial charge in [0.2, 0.25) is 11.8 Å². The fourth-order valence-electron chi connectivity index (χ4n) is 2.95. The van der Waals surface area contributed by atoms with Gasteiger partial charge in [0.1, 0.15) is 5.75 Å². The minimum Gasteiger partial charge on any atom is -0.497 e. The van der Waals surface area contributed by atoms with Gasteiger partial charge in [0.25, 0.3) is 0 Å². The van der Waals surface area contributed by atoms with Crippen molar-refractivity contribution in [2.75, 3.05) is 20.2 Å². The van der Waals surface area contributed by atoms with E-state index in [1.54, 1.807) is 14.0 Å². The Bertz CT molecular complexity index is 666. The molecule has 1 saturated heterocycles. The van der Waals surface area contributed by atoms with Crippen molar-refractivity contribution >= 4 is 5.91 Å². The highest BCUT2D eigenvalue weighted by Gasteiger charge is 2.27. The molecule has 0 N–H and O–H groups in total. The molecular formula is C17H21N3O3. The summed E-state index contributed by atoms with van der Waals surface area (Å²) >= 11 is 0. The Hall–Kier alpha value is -2.37. The van der Waals surface area contributed by atoms with Crippen molar-refractivity contribution in [1.82, 2.24) is 15.0 Å². The smallest absolute Gasteiger partial charge is 0.227 e. The lowest BCUT2D eigenvalue weighted by atomic mass is 9.98. The fourth-order valence-corrected chi connectivity index (χ4v) is 2.95. The van der Waals surface area contributed by atoms with Crippen molar-refractivity contribution < 1.29 is 14.1 Å². The molecule has 2 heterocycles. The topological polar surface area (TPSA) is 68.5 Å². The molecule has 1 atom stereocenters.